The van der Waals surface area contributed by atoms with Crippen LogP contribution in [-0.2, 0) is 11.2 Å². The van der Waals surface area contributed by atoms with Crippen LogP contribution in [0.4, 0.5) is 8.78 Å². The molecular formula is C24H15ClF2N2O2. The molecule has 1 N–H and O–H groups in total. The summed E-state index contributed by atoms with van der Waals surface area (Å²) in [4.78, 5) is 20.0. The second-order valence-electron chi connectivity index (χ2n) is 6.85. The van der Waals surface area contributed by atoms with Crippen LogP contribution in [0.1, 0.15) is 5.56 Å². The monoisotopic (exact) mass is 436 g/mol. The summed E-state index contributed by atoms with van der Waals surface area (Å²) in [7, 11) is 0. The fourth-order valence-electron chi connectivity index (χ4n) is 3.45. The van der Waals surface area contributed by atoms with E-state index in [1.807, 2.05) is 0 Å². The van der Waals surface area contributed by atoms with E-state index in [0.717, 1.165) is 11.6 Å². The lowest BCUT2D eigenvalue weighted by Crippen LogP contribution is -1.99. The summed E-state index contributed by atoms with van der Waals surface area (Å²) in [6, 6.07) is 12.2. The quantitative estimate of drug-likeness (QED) is 0.396. The molecule has 0 aliphatic heterocycles. The number of carbonyl (C=O) groups is 1. The smallest absolute Gasteiger partial charge is 0.159 e. The summed E-state index contributed by atoms with van der Waals surface area (Å²) in [5, 5.41) is 10.3. The van der Waals surface area contributed by atoms with Gasteiger partial charge >= 0.3 is 0 Å². The first-order valence-electron chi connectivity index (χ1n) is 9.26. The Kier molecular flexibility index (Phi) is 5.48. The number of allylic oxidation sites excluding steroid dienone is 1. The Morgan fingerprint density at radius 3 is 2.61 bits per heavy atom. The zero-order valence-corrected chi connectivity index (χ0v) is 16.8. The lowest BCUT2D eigenvalue weighted by molar-refractivity contribution is -0.114. The van der Waals surface area contributed by atoms with Crippen LogP contribution in [0.15, 0.2) is 67.5 Å². The largest absolute Gasteiger partial charge is 0.507 e. The van der Waals surface area contributed by atoms with Gasteiger partial charge in [-0.3, -0.25) is 4.79 Å². The molecule has 0 aliphatic rings. The summed E-state index contributed by atoms with van der Waals surface area (Å²) in [6.45, 7) is 3.47. The maximum Gasteiger partial charge on any atom is 0.159 e. The van der Waals surface area contributed by atoms with Gasteiger partial charge < -0.3 is 5.11 Å². The number of phenolic OH excluding ortho intramolecular Hbond substituents is 1. The minimum atomic E-state index is -0.871. The lowest BCUT2D eigenvalue weighted by Gasteiger charge is -2.13. The van der Waals surface area contributed by atoms with Gasteiger partial charge in [-0.25, -0.2) is 18.7 Å². The van der Waals surface area contributed by atoms with Crippen LogP contribution in [0.5, 0.6) is 5.75 Å². The number of aromatic nitrogens is 2. The second kappa shape index (κ2) is 8.24. The van der Waals surface area contributed by atoms with Crippen LogP contribution in [0, 0.1) is 11.6 Å². The highest BCUT2D eigenvalue weighted by atomic mass is 35.5. The molecule has 154 valence electrons. The van der Waals surface area contributed by atoms with E-state index in [9.17, 15) is 14.3 Å². The van der Waals surface area contributed by atoms with Gasteiger partial charge in [-0.1, -0.05) is 42.4 Å². The van der Waals surface area contributed by atoms with Crippen LogP contribution in [0.25, 0.3) is 33.3 Å². The van der Waals surface area contributed by atoms with Gasteiger partial charge in [-0.05, 0) is 35.9 Å². The number of carbonyl (C=O) groups excluding carboxylic acids is 1. The van der Waals surface area contributed by atoms with Crippen molar-refractivity contribution in [3.63, 3.8) is 0 Å². The molecule has 0 fully saturated rings. The minimum absolute atomic E-state index is 0.0698. The topological polar surface area (TPSA) is 63.1 Å². The maximum atomic E-state index is 15.5. The predicted octanol–water partition coefficient (Wildman–Crippen LogP) is 5.90. The first-order chi connectivity index (χ1) is 14.9. The van der Waals surface area contributed by atoms with Gasteiger partial charge in [0.1, 0.15) is 23.4 Å². The number of halogens is 3. The Morgan fingerprint density at radius 1 is 1.10 bits per heavy atom. The highest BCUT2D eigenvalue weighted by molar-refractivity contribution is 6.34. The van der Waals surface area contributed by atoms with Crippen LogP contribution in [-0.4, -0.2) is 20.9 Å². The van der Waals surface area contributed by atoms with Crippen molar-refractivity contribution < 1.29 is 18.7 Å². The molecule has 0 radical (unpaired) electrons. The molecule has 3 aromatic carbocycles. The predicted molar refractivity (Wildman–Crippen MR) is 116 cm³/mol. The molecule has 0 atom stereocenters. The number of benzene rings is 3. The molecule has 0 unspecified atom stereocenters. The third-order valence-corrected chi connectivity index (χ3v) is 5.17. The molecule has 1 aromatic heterocycles. The number of nitrogens with zero attached hydrogens (tertiary/aromatic N) is 2. The van der Waals surface area contributed by atoms with E-state index in [0.29, 0.717) is 16.6 Å². The molecule has 0 saturated heterocycles. The molecule has 4 rings (SSSR count). The Hall–Kier alpha value is -3.64. The zero-order chi connectivity index (χ0) is 22.1. The molecule has 31 heavy (non-hydrogen) atoms. The van der Waals surface area contributed by atoms with Crippen LogP contribution in [0.2, 0.25) is 5.02 Å². The Morgan fingerprint density at radius 2 is 1.87 bits per heavy atom. The number of fused-ring (bicyclic) bond motifs is 1. The lowest BCUT2D eigenvalue weighted by atomic mass is 9.98. The Labute approximate surface area is 181 Å². The molecular weight excluding hydrogens is 422 g/mol. The second-order valence-corrected chi connectivity index (χ2v) is 7.25. The van der Waals surface area contributed by atoms with Crippen LogP contribution < -0.4 is 0 Å². The van der Waals surface area contributed by atoms with Crippen LogP contribution in [0.3, 0.4) is 0 Å². The molecule has 0 bridgehead atoms. The molecule has 0 spiro atoms. The highest BCUT2D eigenvalue weighted by Gasteiger charge is 2.23. The molecule has 0 aliphatic carbocycles. The van der Waals surface area contributed by atoms with E-state index in [1.165, 1.54) is 30.6 Å². The van der Waals surface area contributed by atoms with Gasteiger partial charge in [0.25, 0.3) is 0 Å². The number of hydrogen-bond donors (Lipinski definition) is 1. The van der Waals surface area contributed by atoms with Crippen molar-refractivity contribution >= 4 is 28.3 Å². The van der Waals surface area contributed by atoms with Gasteiger partial charge in [0.15, 0.2) is 11.6 Å². The van der Waals surface area contributed by atoms with E-state index in [4.69, 9.17) is 11.6 Å². The summed E-state index contributed by atoms with van der Waals surface area (Å²) in [6.07, 6.45) is 2.62. The van der Waals surface area contributed by atoms with Gasteiger partial charge in [0, 0.05) is 22.9 Å². The number of hydrogen-bond acceptors (Lipinski definition) is 4. The third-order valence-electron chi connectivity index (χ3n) is 4.87. The van der Waals surface area contributed by atoms with Crippen molar-refractivity contribution in [2.75, 3.05) is 0 Å². The molecule has 0 amide bonds. The van der Waals surface area contributed by atoms with E-state index >= 15 is 4.39 Å². The van der Waals surface area contributed by atoms with Gasteiger partial charge in [0.05, 0.1) is 16.3 Å². The summed E-state index contributed by atoms with van der Waals surface area (Å²) < 4.78 is 29.8. The molecule has 7 heteroatoms. The number of aromatic hydroxyl groups is 1. The maximum absolute atomic E-state index is 15.5. The first kappa shape index (κ1) is 20.6. The standard InChI is InChI=1S/C24H15ClF2N2O2/c1-2-15(30)10-13-5-3-6-14(9-13)23-16-11-17(25)20(22(27)24(16)29-12-28-23)21-18(26)7-4-8-19(21)31/h2-9,11-12,31H,1,10H2. The van der Waals surface area contributed by atoms with E-state index in [1.54, 1.807) is 24.3 Å². The van der Waals surface area contributed by atoms with Crippen molar-refractivity contribution in [1.29, 1.82) is 0 Å². The summed E-state index contributed by atoms with van der Waals surface area (Å²) in [5.41, 5.74) is 1.10. The summed E-state index contributed by atoms with van der Waals surface area (Å²) >= 11 is 6.34. The third kappa shape index (κ3) is 3.78. The highest BCUT2D eigenvalue weighted by Crippen LogP contribution is 2.42. The Balaban J connectivity index is 1.93. The molecule has 4 aromatic rings. The van der Waals surface area contributed by atoms with E-state index in [-0.39, 0.29) is 33.9 Å². The molecule has 4 nitrogen and oxygen atoms in total. The minimum Gasteiger partial charge on any atom is -0.507 e. The van der Waals surface area contributed by atoms with Gasteiger partial charge in [-0.15, -0.1) is 0 Å². The van der Waals surface area contributed by atoms with Gasteiger partial charge in [-0.2, -0.15) is 0 Å². The van der Waals surface area contributed by atoms with Crippen molar-refractivity contribution in [1.82, 2.24) is 9.97 Å². The average molecular weight is 437 g/mol. The number of phenols is 1. The van der Waals surface area contributed by atoms with E-state index in [2.05, 4.69) is 16.5 Å². The van der Waals surface area contributed by atoms with Crippen molar-refractivity contribution in [3.05, 3.63) is 89.7 Å². The normalized spacial score (nSPS) is 10.9. The molecule has 0 saturated carbocycles. The fraction of sp³-hybridized carbons (Fsp3) is 0.0417. The first-order valence-corrected chi connectivity index (χ1v) is 9.63. The van der Waals surface area contributed by atoms with E-state index < -0.39 is 17.4 Å². The van der Waals surface area contributed by atoms with Gasteiger partial charge in [0.2, 0.25) is 0 Å². The average Bonchev–Trinajstić information content (AvgIpc) is 2.75. The Bertz CT molecular complexity index is 1330. The number of ketones is 1. The number of rotatable bonds is 5. The van der Waals surface area contributed by atoms with Crippen molar-refractivity contribution in [2.24, 2.45) is 0 Å². The summed E-state index contributed by atoms with van der Waals surface area (Å²) in [5.74, 6) is -2.25. The SMILES string of the molecule is C=CC(=O)Cc1cccc(-c2ncnc3c(F)c(-c4c(O)cccc4F)c(Cl)cc23)c1. The van der Waals surface area contributed by atoms with Crippen molar-refractivity contribution in [3.8, 4) is 28.1 Å². The fourth-order valence-corrected chi connectivity index (χ4v) is 3.74. The molecule has 1 heterocycles. The van der Waals surface area contributed by atoms with Crippen LogP contribution >= 0.6 is 11.6 Å². The zero-order valence-electron chi connectivity index (χ0n) is 16.1. The van der Waals surface area contributed by atoms with Crippen molar-refractivity contribution in [2.45, 2.75) is 6.42 Å².